The SMILES string of the molecule is C=C/C=C(\C=C/C)C1c2c(ccc(/C=C\C)c2C=C)Oc2ccc(/C=C\C)c(C=C)c21.CC.CO.CO. The fraction of sp³-hybridized carbons (Fsp3) is 0.235. The van der Waals surface area contributed by atoms with E-state index in [0.717, 1.165) is 64.7 Å². The van der Waals surface area contributed by atoms with Gasteiger partial charge in [0.1, 0.15) is 11.5 Å². The molecule has 37 heavy (non-hydrogen) atoms. The van der Waals surface area contributed by atoms with Crippen LogP contribution in [0.25, 0.3) is 24.3 Å². The van der Waals surface area contributed by atoms with Crippen LogP contribution < -0.4 is 4.74 Å². The smallest absolute Gasteiger partial charge is 0.132 e. The number of hydrogen-bond donors (Lipinski definition) is 2. The standard InChI is InChI=1S/C30H30O.C2H6.2CH4O/c1-7-13-21-17-19-26-29(24(21)11-5)28(23(15-9-3)16-10-4)30-25(12-6)22(14-8-2)18-20-27(30)31-26;3*1-2/h7-20,28H,3,5-6H2,1-2,4H3;1-2H3;2*2H,1H3/b13-7-,14-8-,16-10-,23-15+;;;. The number of ether oxygens (including phenoxy) is 1. The Balaban J connectivity index is 0.00000201. The zero-order valence-corrected chi connectivity index (χ0v) is 23.6. The van der Waals surface area contributed by atoms with Gasteiger partial charge >= 0.3 is 0 Å². The second kappa shape index (κ2) is 18.6. The molecule has 0 radical (unpaired) electrons. The molecule has 0 aliphatic carbocycles. The maximum absolute atomic E-state index is 7.00. The molecule has 0 amide bonds. The van der Waals surface area contributed by atoms with E-state index in [0.29, 0.717) is 0 Å². The van der Waals surface area contributed by atoms with Gasteiger partial charge in [-0.3, -0.25) is 0 Å². The fourth-order valence-corrected chi connectivity index (χ4v) is 4.32. The van der Waals surface area contributed by atoms with Crippen molar-refractivity contribution in [2.75, 3.05) is 14.2 Å². The summed E-state index contributed by atoms with van der Waals surface area (Å²) < 4.78 is 6.44. The largest absolute Gasteiger partial charge is 0.457 e. The number of fused-ring (bicyclic) bond motifs is 2. The van der Waals surface area contributed by atoms with Crippen LogP contribution in [0.15, 0.2) is 86.0 Å². The molecule has 2 N–H and O–H groups in total. The minimum Gasteiger partial charge on any atom is -0.457 e. The molecule has 3 heteroatoms. The minimum atomic E-state index is -0.0376. The molecular formula is C34H44O3. The van der Waals surface area contributed by atoms with Crippen LogP contribution in [0.2, 0.25) is 0 Å². The van der Waals surface area contributed by atoms with Crippen LogP contribution in [0.4, 0.5) is 0 Å². The first-order chi connectivity index (χ1) is 18.1. The van der Waals surface area contributed by atoms with Crippen LogP contribution in [0, 0.1) is 0 Å². The highest BCUT2D eigenvalue weighted by Gasteiger charge is 2.33. The predicted octanol–water partition coefficient (Wildman–Crippen LogP) is 9.21. The van der Waals surface area contributed by atoms with Gasteiger partial charge in [-0.2, -0.15) is 0 Å². The lowest BCUT2D eigenvalue weighted by molar-refractivity contribution is 0.399. The Hall–Kier alpha value is -3.66. The van der Waals surface area contributed by atoms with Crippen LogP contribution in [0.3, 0.4) is 0 Å². The first-order valence-electron chi connectivity index (χ1n) is 12.5. The molecule has 3 nitrogen and oxygen atoms in total. The van der Waals surface area contributed by atoms with Crippen molar-refractivity contribution < 1.29 is 14.9 Å². The van der Waals surface area contributed by atoms with E-state index in [9.17, 15) is 0 Å². The van der Waals surface area contributed by atoms with Crippen LogP contribution in [-0.2, 0) is 0 Å². The summed E-state index contributed by atoms with van der Waals surface area (Å²) in [5.41, 5.74) is 7.78. The molecule has 3 rings (SSSR count). The van der Waals surface area contributed by atoms with E-state index in [2.05, 4.69) is 74.4 Å². The Morgan fingerprint density at radius 3 is 1.49 bits per heavy atom. The third-order valence-electron chi connectivity index (χ3n) is 5.46. The van der Waals surface area contributed by atoms with Crippen molar-refractivity contribution in [3.05, 3.63) is 119 Å². The number of rotatable bonds is 7. The highest BCUT2D eigenvalue weighted by Crippen LogP contribution is 2.52. The predicted molar refractivity (Wildman–Crippen MR) is 165 cm³/mol. The molecule has 0 spiro atoms. The lowest BCUT2D eigenvalue weighted by Crippen LogP contribution is -2.16. The van der Waals surface area contributed by atoms with Gasteiger partial charge in [0.05, 0.1) is 0 Å². The van der Waals surface area contributed by atoms with E-state index < -0.39 is 0 Å². The van der Waals surface area contributed by atoms with Gasteiger partial charge in [0.15, 0.2) is 0 Å². The van der Waals surface area contributed by atoms with Crippen molar-refractivity contribution in [1.29, 1.82) is 0 Å². The summed E-state index contributed by atoms with van der Waals surface area (Å²) >= 11 is 0. The summed E-state index contributed by atoms with van der Waals surface area (Å²) in [6.45, 7) is 22.3. The maximum Gasteiger partial charge on any atom is 0.132 e. The topological polar surface area (TPSA) is 49.7 Å². The molecule has 0 fully saturated rings. The third-order valence-corrected chi connectivity index (χ3v) is 5.46. The Morgan fingerprint density at radius 1 is 0.730 bits per heavy atom. The van der Waals surface area contributed by atoms with E-state index in [1.807, 2.05) is 65.0 Å². The molecule has 0 bridgehead atoms. The lowest BCUT2D eigenvalue weighted by atomic mass is 9.76. The zero-order valence-electron chi connectivity index (χ0n) is 23.6. The summed E-state index contributed by atoms with van der Waals surface area (Å²) in [6, 6.07) is 8.30. The number of benzene rings is 2. The normalized spacial score (nSPS) is 12.2. The van der Waals surface area contributed by atoms with E-state index in [1.165, 1.54) is 0 Å². The lowest BCUT2D eigenvalue weighted by Gasteiger charge is -2.33. The summed E-state index contributed by atoms with van der Waals surface area (Å²) in [6.07, 6.45) is 20.3. The van der Waals surface area contributed by atoms with Crippen LogP contribution in [-0.4, -0.2) is 24.4 Å². The van der Waals surface area contributed by atoms with E-state index >= 15 is 0 Å². The van der Waals surface area contributed by atoms with Crippen molar-refractivity contribution in [2.24, 2.45) is 0 Å². The third kappa shape index (κ3) is 7.66. The highest BCUT2D eigenvalue weighted by atomic mass is 16.5. The van der Waals surface area contributed by atoms with Gasteiger partial charge < -0.3 is 14.9 Å². The van der Waals surface area contributed by atoms with Gasteiger partial charge in [-0.1, -0.05) is 106 Å². The maximum atomic E-state index is 7.00. The molecule has 1 heterocycles. The quantitative estimate of drug-likeness (QED) is 0.373. The van der Waals surface area contributed by atoms with Gasteiger partial charge in [0.2, 0.25) is 0 Å². The monoisotopic (exact) mass is 500 g/mol. The van der Waals surface area contributed by atoms with Gasteiger partial charge in [0, 0.05) is 31.3 Å². The Morgan fingerprint density at radius 2 is 1.16 bits per heavy atom. The van der Waals surface area contributed by atoms with Crippen molar-refractivity contribution in [2.45, 2.75) is 40.5 Å². The minimum absolute atomic E-state index is 0.0376. The molecule has 1 aliphatic heterocycles. The van der Waals surface area contributed by atoms with E-state index in [4.69, 9.17) is 14.9 Å². The Kier molecular flexibility index (Phi) is 16.7. The Bertz CT molecular complexity index is 1070. The van der Waals surface area contributed by atoms with Crippen molar-refractivity contribution >= 4 is 24.3 Å². The molecule has 0 saturated carbocycles. The summed E-state index contributed by atoms with van der Waals surface area (Å²) in [5, 5.41) is 14.0. The molecule has 0 aromatic heterocycles. The molecule has 1 aliphatic rings. The molecular weight excluding hydrogens is 456 g/mol. The van der Waals surface area contributed by atoms with Gasteiger partial charge in [-0.15, -0.1) is 0 Å². The van der Waals surface area contributed by atoms with Gasteiger partial charge in [-0.05, 0) is 60.7 Å². The average molecular weight is 501 g/mol. The molecule has 0 atom stereocenters. The Labute approximate surface area is 224 Å². The fourth-order valence-electron chi connectivity index (χ4n) is 4.32. The first kappa shape index (κ1) is 33.3. The van der Waals surface area contributed by atoms with Crippen LogP contribution in [0.1, 0.15) is 73.9 Å². The number of hydrogen-bond acceptors (Lipinski definition) is 3. The highest BCUT2D eigenvalue weighted by molar-refractivity contribution is 5.79. The summed E-state index contributed by atoms with van der Waals surface area (Å²) in [4.78, 5) is 0. The van der Waals surface area contributed by atoms with E-state index in [-0.39, 0.29) is 5.92 Å². The summed E-state index contributed by atoms with van der Waals surface area (Å²) in [7, 11) is 2.00. The van der Waals surface area contributed by atoms with Crippen LogP contribution >= 0.6 is 0 Å². The number of allylic oxidation sites excluding steroid dienone is 7. The zero-order chi connectivity index (χ0) is 28.4. The number of aliphatic hydroxyl groups excluding tert-OH is 2. The second-order valence-electron chi connectivity index (χ2n) is 7.31. The van der Waals surface area contributed by atoms with Gasteiger partial charge in [0.25, 0.3) is 0 Å². The molecule has 198 valence electrons. The molecule has 2 aromatic rings. The summed E-state index contributed by atoms with van der Waals surface area (Å²) in [5.74, 6) is 1.67. The second-order valence-corrected chi connectivity index (χ2v) is 7.31. The van der Waals surface area contributed by atoms with Gasteiger partial charge in [-0.25, -0.2) is 0 Å². The van der Waals surface area contributed by atoms with Crippen LogP contribution in [0.5, 0.6) is 11.5 Å². The van der Waals surface area contributed by atoms with Crippen molar-refractivity contribution in [3.8, 4) is 11.5 Å². The van der Waals surface area contributed by atoms with E-state index in [1.54, 1.807) is 0 Å². The molecule has 2 aromatic carbocycles. The van der Waals surface area contributed by atoms with Crippen molar-refractivity contribution in [3.63, 3.8) is 0 Å². The molecule has 0 unspecified atom stereocenters. The van der Waals surface area contributed by atoms with Crippen molar-refractivity contribution in [1.82, 2.24) is 0 Å². The average Bonchev–Trinajstić information content (AvgIpc) is 2.95. The molecule has 0 saturated heterocycles. The first-order valence-corrected chi connectivity index (χ1v) is 12.5. The number of aliphatic hydroxyl groups is 2.